The van der Waals surface area contributed by atoms with Gasteiger partial charge in [0.15, 0.2) is 0 Å². The predicted molar refractivity (Wildman–Crippen MR) is 77.4 cm³/mol. The third kappa shape index (κ3) is 2.66. The van der Waals surface area contributed by atoms with Gasteiger partial charge >= 0.3 is 0 Å². The lowest BCUT2D eigenvalue weighted by Gasteiger charge is -2.35. The van der Waals surface area contributed by atoms with Gasteiger partial charge in [0, 0.05) is 6.54 Å². The topological polar surface area (TPSA) is 20.3 Å². The minimum Gasteiger partial charge on any atom is -0.331 e. The normalized spacial score (nSPS) is 21.7. The molecule has 0 bridgehead atoms. The van der Waals surface area contributed by atoms with Crippen molar-refractivity contribution >= 4 is 21.8 Å². The first kappa shape index (κ1) is 13.3. The standard InChI is InChI=1S/C15H18BrNO/c1-3-12-9-14(16)15(18)17(10-12)11(2)13-7-5-4-6-8-13/h4-9,11-12H,3,10H2,1-2H3. The molecule has 0 aliphatic carbocycles. The highest BCUT2D eigenvalue weighted by molar-refractivity contribution is 9.12. The van der Waals surface area contributed by atoms with E-state index < -0.39 is 0 Å². The molecule has 18 heavy (non-hydrogen) atoms. The molecule has 0 N–H and O–H groups in total. The fourth-order valence-corrected chi connectivity index (χ4v) is 2.90. The maximum absolute atomic E-state index is 12.2. The zero-order chi connectivity index (χ0) is 13.1. The number of benzene rings is 1. The zero-order valence-electron chi connectivity index (χ0n) is 10.8. The van der Waals surface area contributed by atoms with Crippen LogP contribution in [0, 0.1) is 5.92 Å². The summed E-state index contributed by atoms with van der Waals surface area (Å²) in [6, 6.07) is 10.3. The first-order valence-corrected chi connectivity index (χ1v) is 7.16. The Bertz CT molecular complexity index is 455. The minimum atomic E-state index is 0.0936. The van der Waals surface area contributed by atoms with Gasteiger partial charge in [-0.05, 0) is 40.8 Å². The summed E-state index contributed by atoms with van der Waals surface area (Å²) in [6.45, 7) is 5.05. The highest BCUT2D eigenvalue weighted by Crippen LogP contribution is 2.30. The van der Waals surface area contributed by atoms with Crippen LogP contribution < -0.4 is 0 Å². The van der Waals surface area contributed by atoms with Crippen molar-refractivity contribution in [2.75, 3.05) is 6.54 Å². The number of carbonyl (C=O) groups is 1. The fourth-order valence-electron chi connectivity index (χ4n) is 2.30. The molecule has 1 aliphatic rings. The highest BCUT2D eigenvalue weighted by atomic mass is 79.9. The van der Waals surface area contributed by atoms with Crippen molar-refractivity contribution in [3.63, 3.8) is 0 Å². The molecule has 2 atom stereocenters. The number of amides is 1. The molecule has 1 aromatic rings. The van der Waals surface area contributed by atoms with Crippen LogP contribution in [0.3, 0.4) is 0 Å². The average molecular weight is 308 g/mol. The van der Waals surface area contributed by atoms with E-state index in [0.29, 0.717) is 10.4 Å². The van der Waals surface area contributed by atoms with Crippen LogP contribution in [0.1, 0.15) is 31.9 Å². The number of nitrogens with zero attached hydrogens (tertiary/aromatic N) is 1. The summed E-state index contributed by atoms with van der Waals surface area (Å²) in [5.41, 5.74) is 1.18. The molecule has 1 heterocycles. The van der Waals surface area contributed by atoms with Gasteiger partial charge in [0.25, 0.3) is 5.91 Å². The van der Waals surface area contributed by atoms with Crippen molar-refractivity contribution < 1.29 is 4.79 Å². The van der Waals surface area contributed by atoms with Gasteiger partial charge in [-0.2, -0.15) is 0 Å². The Morgan fingerprint density at radius 1 is 1.39 bits per heavy atom. The van der Waals surface area contributed by atoms with Crippen LogP contribution in [0.4, 0.5) is 0 Å². The van der Waals surface area contributed by atoms with E-state index in [4.69, 9.17) is 0 Å². The van der Waals surface area contributed by atoms with E-state index in [-0.39, 0.29) is 11.9 Å². The average Bonchev–Trinajstić information content (AvgIpc) is 2.42. The van der Waals surface area contributed by atoms with Crippen LogP contribution in [-0.2, 0) is 4.79 Å². The lowest BCUT2D eigenvalue weighted by Crippen LogP contribution is -2.40. The second kappa shape index (κ2) is 5.70. The maximum Gasteiger partial charge on any atom is 0.261 e. The molecule has 3 heteroatoms. The fraction of sp³-hybridized carbons (Fsp3) is 0.400. The van der Waals surface area contributed by atoms with E-state index in [9.17, 15) is 4.79 Å². The molecular formula is C15H18BrNO. The van der Waals surface area contributed by atoms with Gasteiger partial charge < -0.3 is 4.90 Å². The lowest BCUT2D eigenvalue weighted by molar-refractivity contribution is -0.129. The Balaban J connectivity index is 2.23. The Kier molecular flexibility index (Phi) is 4.23. The minimum absolute atomic E-state index is 0.0936. The SMILES string of the molecule is CCC1C=C(Br)C(=O)N(C(C)c2ccccc2)C1. The summed E-state index contributed by atoms with van der Waals surface area (Å²) < 4.78 is 0.698. The van der Waals surface area contributed by atoms with Crippen molar-refractivity contribution in [1.82, 2.24) is 4.90 Å². The second-order valence-corrected chi connectivity index (χ2v) is 5.58. The highest BCUT2D eigenvalue weighted by Gasteiger charge is 2.29. The molecule has 2 rings (SSSR count). The smallest absolute Gasteiger partial charge is 0.261 e. The van der Waals surface area contributed by atoms with Crippen molar-refractivity contribution in [2.45, 2.75) is 26.3 Å². The van der Waals surface area contributed by atoms with Gasteiger partial charge in [0.05, 0.1) is 10.5 Å². The molecular weight excluding hydrogens is 290 g/mol. The third-order valence-corrected chi connectivity index (χ3v) is 4.16. The number of halogens is 1. The Morgan fingerprint density at radius 3 is 2.67 bits per heavy atom. The van der Waals surface area contributed by atoms with Gasteiger partial charge in [-0.1, -0.05) is 43.3 Å². The van der Waals surface area contributed by atoms with E-state index in [1.165, 1.54) is 5.56 Å². The van der Waals surface area contributed by atoms with Gasteiger partial charge in [-0.25, -0.2) is 0 Å². The summed E-state index contributed by atoms with van der Waals surface area (Å²) in [7, 11) is 0. The van der Waals surface area contributed by atoms with Crippen molar-refractivity contribution in [3.8, 4) is 0 Å². The van der Waals surface area contributed by atoms with Crippen LogP contribution in [0.5, 0.6) is 0 Å². The third-order valence-electron chi connectivity index (χ3n) is 3.55. The van der Waals surface area contributed by atoms with Crippen LogP contribution in [0.15, 0.2) is 40.9 Å². The van der Waals surface area contributed by atoms with Crippen LogP contribution in [0.25, 0.3) is 0 Å². The monoisotopic (exact) mass is 307 g/mol. The number of hydrogen-bond donors (Lipinski definition) is 0. The molecule has 0 saturated heterocycles. The van der Waals surface area contributed by atoms with Crippen molar-refractivity contribution in [1.29, 1.82) is 0 Å². The van der Waals surface area contributed by atoms with Gasteiger partial charge in [0.2, 0.25) is 0 Å². The van der Waals surface area contributed by atoms with E-state index in [1.54, 1.807) is 0 Å². The molecule has 0 fully saturated rings. The summed E-state index contributed by atoms with van der Waals surface area (Å²) in [6.07, 6.45) is 3.09. The van der Waals surface area contributed by atoms with E-state index in [0.717, 1.165) is 13.0 Å². The molecule has 0 saturated carbocycles. The second-order valence-electron chi connectivity index (χ2n) is 4.73. The first-order valence-electron chi connectivity index (χ1n) is 6.36. The quantitative estimate of drug-likeness (QED) is 0.829. The Hall–Kier alpha value is -1.09. The lowest BCUT2D eigenvalue weighted by atomic mass is 9.98. The van der Waals surface area contributed by atoms with Crippen LogP contribution >= 0.6 is 15.9 Å². The Morgan fingerprint density at radius 2 is 2.06 bits per heavy atom. The largest absolute Gasteiger partial charge is 0.331 e. The first-order chi connectivity index (χ1) is 8.63. The molecule has 1 amide bonds. The Labute approximate surface area is 117 Å². The molecule has 0 spiro atoms. The molecule has 1 aromatic carbocycles. The number of rotatable bonds is 3. The molecule has 0 aromatic heterocycles. The summed E-state index contributed by atoms with van der Waals surface area (Å²) in [5.74, 6) is 0.541. The van der Waals surface area contributed by atoms with Gasteiger partial charge in [0.1, 0.15) is 0 Å². The van der Waals surface area contributed by atoms with E-state index >= 15 is 0 Å². The molecule has 0 radical (unpaired) electrons. The van der Waals surface area contributed by atoms with Gasteiger partial charge in [-0.15, -0.1) is 0 Å². The zero-order valence-corrected chi connectivity index (χ0v) is 12.4. The van der Waals surface area contributed by atoms with E-state index in [2.05, 4.69) is 41.9 Å². The predicted octanol–water partition coefficient (Wildman–Crippen LogP) is 3.89. The number of hydrogen-bond acceptors (Lipinski definition) is 1. The molecule has 2 unspecified atom stereocenters. The molecule has 1 aliphatic heterocycles. The number of carbonyl (C=O) groups excluding carboxylic acids is 1. The van der Waals surface area contributed by atoms with E-state index in [1.807, 2.05) is 29.2 Å². The van der Waals surface area contributed by atoms with Crippen molar-refractivity contribution in [3.05, 3.63) is 46.5 Å². The summed E-state index contributed by atoms with van der Waals surface area (Å²) in [4.78, 5) is 14.2. The van der Waals surface area contributed by atoms with Crippen LogP contribution in [0.2, 0.25) is 0 Å². The van der Waals surface area contributed by atoms with Crippen molar-refractivity contribution in [2.24, 2.45) is 5.92 Å². The summed E-state index contributed by atoms with van der Waals surface area (Å²) in [5, 5.41) is 0. The summed E-state index contributed by atoms with van der Waals surface area (Å²) >= 11 is 3.39. The van der Waals surface area contributed by atoms with Crippen LogP contribution in [-0.4, -0.2) is 17.4 Å². The molecule has 2 nitrogen and oxygen atoms in total. The maximum atomic E-state index is 12.2. The molecule has 96 valence electrons. The van der Waals surface area contributed by atoms with Gasteiger partial charge in [-0.3, -0.25) is 4.79 Å².